The second-order valence-electron chi connectivity index (χ2n) is 7.63. The Kier molecular flexibility index (Phi) is 8.08. The third-order valence-electron chi connectivity index (χ3n) is 5.46. The Morgan fingerprint density at radius 3 is 2.55 bits per heavy atom. The highest BCUT2D eigenvalue weighted by molar-refractivity contribution is 6.10. The minimum atomic E-state index is -3.22. The predicted octanol–water partition coefficient (Wildman–Crippen LogP) is 1.56. The van der Waals surface area contributed by atoms with Gasteiger partial charge in [-0.1, -0.05) is 6.42 Å². The number of ether oxygens (including phenoxy) is 2. The second-order valence-corrected chi connectivity index (χ2v) is 7.63. The molecule has 2 fully saturated rings. The molecule has 1 saturated carbocycles. The fourth-order valence-electron chi connectivity index (χ4n) is 3.77. The molecular weight excluding hydrogens is 452 g/mol. The number of nitrogens with two attached hydrogens (primary N) is 1. The molecule has 0 spiro atoms. The van der Waals surface area contributed by atoms with Gasteiger partial charge < -0.3 is 25.4 Å². The van der Waals surface area contributed by atoms with Crippen LogP contribution in [0.2, 0.25) is 0 Å². The molecule has 182 valence electrons. The van der Waals surface area contributed by atoms with Crippen LogP contribution in [0, 0.1) is 0 Å². The number of benzene rings is 1. The number of amides is 3. The zero-order valence-corrected chi connectivity index (χ0v) is 17.5. The number of hydrogen-bond acceptors (Lipinski definition) is 6. The van der Waals surface area contributed by atoms with Crippen LogP contribution in [0.4, 0.5) is 28.9 Å². The number of carbonyl (C=O) groups is 3. The van der Waals surface area contributed by atoms with Crippen LogP contribution in [-0.2, 0) is 19.1 Å². The molecule has 3 amide bonds. The normalized spacial score (nSPS) is 17.9. The van der Waals surface area contributed by atoms with E-state index in [1.807, 2.05) is 0 Å². The Morgan fingerprint density at radius 1 is 1.27 bits per heavy atom. The van der Waals surface area contributed by atoms with Crippen molar-refractivity contribution >= 4 is 29.1 Å². The number of morpholine rings is 1. The Bertz CT molecular complexity index is 884. The van der Waals surface area contributed by atoms with Gasteiger partial charge in [-0.15, -0.1) is 0 Å². The van der Waals surface area contributed by atoms with Crippen molar-refractivity contribution in [2.24, 2.45) is 5.73 Å². The van der Waals surface area contributed by atoms with Crippen molar-refractivity contribution in [2.45, 2.75) is 44.4 Å². The zero-order chi connectivity index (χ0) is 24.1. The first-order valence-electron chi connectivity index (χ1n) is 10.3. The van der Waals surface area contributed by atoms with Gasteiger partial charge in [0.1, 0.15) is 6.61 Å². The van der Waals surface area contributed by atoms with Crippen molar-refractivity contribution in [2.75, 3.05) is 36.5 Å². The Morgan fingerprint density at radius 2 is 2.00 bits per heavy atom. The molecule has 1 aliphatic heterocycles. The highest BCUT2D eigenvalue weighted by Gasteiger charge is 2.39. The van der Waals surface area contributed by atoms with E-state index in [0.29, 0.717) is 12.8 Å². The number of nitrogens with one attached hydrogen (secondary N) is 1. The largest absolute Gasteiger partial charge is 0.433 e. The van der Waals surface area contributed by atoms with Crippen molar-refractivity contribution in [1.82, 2.24) is 4.90 Å². The number of primary amides is 1. The molecule has 3 N–H and O–H groups in total. The van der Waals surface area contributed by atoms with E-state index >= 15 is 0 Å². The van der Waals surface area contributed by atoms with Gasteiger partial charge in [-0.3, -0.25) is 19.3 Å². The number of anilines is 2. The van der Waals surface area contributed by atoms with Crippen molar-refractivity contribution in [1.29, 1.82) is 0 Å². The number of nitrogens with zero attached hydrogens (tertiary/aromatic N) is 2. The first kappa shape index (κ1) is 24.7. The summed E-state index contributed by atoms with van der Waals surface area (Å²) in [4.78, 5) is 39.2. The standard InChI is InChI=1S/C20H24F4N4O5/c21-15(22)9-28(12-2-1-3-12)17(18(25)30)19(31)26-11-4-5-13(14(8-11)33-20(23)24)27-6-7-32-10-16(27)29/h4-5,8,12,15,17,20H,1-3,6-7,9-10H2,(H2,25,30)(H,26,31)/t17-/m1/s1. The summed E-state index contributed by atoms with van der Waals surface area (Å²) in [5, 5.41) is 2.36. The summed E-state index contributed by atoms with van der Waals surface area (Å²) in [5.41, 5.74) is 5.35. The summed E-state index contributed by atoms with van der Waals surface area (Å²) < 4.78 is 61.7. The van der Waals surface area contributed by atoms with Crippen molar-refractivity contribution in [3.05, 3.63) is 18.2 Å². The third-order valence-corrected chi connectivity index (χ3v) is 5.46. The van der Waals surface area contributed by atoms with Gasteiger partial charge in [0.05, 0.1) is 18.8 Å². The Hall–Kier alpha value is -2.93. The maximum Gasteiger partial charge on any atom is 0.387 e. The summed E-state index contributed by atoms with van der Waals surface area (Å²) in [7, 11) is 0. The van der Waals surface area contributed by atoms with E-state index in [-0.39, 0.29) is 31.1 Å². The number of carbonyl (C=O) groups excluding carboxylic acids is 3. The van der Waals surface area contributed by atoms with E-state index in [0.717, 1.165) is 17.4 Å². The first-order chi connectivity index (χ1) is 15.7. The maximum absolute atomic E-state index is 13.1. The van der Waals surface area contributed by atoms with Gasteiger partial charge in [-0.25, -0.2) is 8.78 Å². The van der Waals surface area contributed by atoms with Crippen LogP contribution in [0.5, 0.6) is 5.75 Å². The van der Waals surface area contributed by atoms with Crippen molar-refractivity contribution in [3.63, 3.8) is 0 Å². The molecule has 1 atom stereocenters. The minimum Gasteiger partial charge on any atom is -0.433 e. The zero-order valence-electron chi connectivity index (χ0n) is 17.5. The van der Waals surface area contributed by atoms with Crippen LogP contribution in [0.25, 0.3) is 0 Å². The van der Waals surface area contributed by atoms with Crippen LogP contribution < -0.4 is 20.7 Å². The lowest BCUT2D eigenvalue weighted by molar-refractivity contribution is -0.136. The fraction of sp³-hybridized carbons (Fsp3) is 0.550. The molecule has 3 rings (SSSR count). The summed E-state index contributed by atoms with van der Waals surface area (Å²) in [6.45, 7) is -3.96. The third kappa shape index (κ3) is 6.11. The molecule has 1 heterocycles. The van der Waals surface area contributed by atoms with Crippen LogP contribution in [0.3, 0.4) is 0 Å². The number of hydrogen-bond donors (Lipinski definition) is 2. The van der Waals surface area contributed by atoms with E-state index in [9.17, 15) is 31.9 Å². The number of halogens is 4. The molecule has 0 radical (unpaired) electrons. The summed E-state index contributed by atoms with van der Waals surface area (Å²) >= 11 is 0. The van der Waals surface area contributed by atoms with Gasteiger partial charge in [0, 0.05) is 24.3 Å². The second kappa shape index (κ2) is 10.8. The Labute approximate surface area is 186 Å². The topological polar surface area (TPSA) is 114 Å². The molecule has 9 nitrogen and oxygen atoms in total. The SMILES string of the molecule is NC(=O)[C@H](C(=O)Nc1ccc(N2CCOCC2=O)c(OC(F)F)c1)N(CC(F)F)C1CCC1. The van der Waals surface area contributed by atoms with Gasteiger partial charge in [-0.05, 0) is 25.0 Å². The lowest BCUT2D eigenvalue weighted by Gasteiger charge is -2.40. The molecule has 33 heavy (non-hydrogen) atoms. The lowest BCUT2D eigenvalue weighted by atomic mass is 9.90. The minimum absolute atomic E-state index is 0.0434. The van der Waals surface area contributed by atoms with E-state index in [4.69, 9.17) is 10.5 Å². The van der Waals surface area contributed by atoms with Crippen molar-refractivity contribution in [3.8, 4) is 5.75 Å². The quantitative estimate of drug-likeness (QED) is 0.392. The van der Waals surface area contributed by atoms with Crippen LogP contribution >= 0.6 is 0 Å². The first-order valence-corrected chi connectivity index (χ1v) is 10.3. The number of alkyl halides is 4. The average Bonchev–Trinajstić information content (AvgIpc) is 2.66. The molecule has 1 aromatic rings. The lowest BCUT2D eigenvalue weighted by Crippen LogP contribution is -2.58. The molecule has 13 heteroatoms. The van der Waals surface area contributed by atoms with E-state index in [2.05, 4.69) is 10.1 Å². The fourth-order valence-corrected chi connectivity index (χ4v) is 3.77. The molecule has 0 unspecified atom stereocenters. The monoisotopic (exact) mass is 476 g/mol. The predicted molar refractivity (Wildman–Crippen MR) is 108 cm³/mol. The van der Waals surface area contributed by atoms with Gasteiger partial charge in [-0.2, -0.15) is 8.78 Å². The number of rotatable bonds is 10. The molecular formula is C20H24F4N4O5. The van der Waals surface area contributed by atoms with Crippen LogP contribution in [-0.4, -0.2) is 74.0 Å². The molecule has 0 bridgehead atoms. The Balaban J connectivity index is 1.84. The van der Waals surface area contributed by atoms with E-state index < -0.39 is 55.1 Å². The van der Waals surface area contributed by atoms with Crippen LogP contribution in [0.1, 0.15) is 19.3 Å². The molecule has 2 aliphatic rings. The molecule has 0 aromatic heterocycles. The summed E-state index contributed by atoms with van der Waals surface area (Å²) in [6, 6.07) is 1.59. The maximum atomic E-state index is 13.1. The van der Waals surface area contributed by atoms with E-state index in [1.54, 1.807) is 0 Å². The highest BCUT2D eigenvalue weighted by Crippen LogP contribution is 2.34. The summed E-state index contributed by atoms with van der Waals surface area (Å²) in [5.74, 6) is -2.95. The molecule has 1 aromatic carbocycles. The highest BCUT2D eigenvalue weighted by atomic mass is 19.3. The summed E-state index contributed by atoms with van der Waals surface area (Å²) in [6.07, 6.45) is -0.943. The van der Waals surface area contributed by atoms with E-state index in [1.165, 1.54) is 17.0 Å². The van der Waals surface area contributed by atoms with Gasteiger partial charge in [0.25, 0.3) is 18.2 Å². The average molecular weight is 476 g/mol. The molecule has 1 saturated heterocycles. The van der Waals surface area contributed by atoms with Gasteiger partial charge >= 0.3 is 6.61 Å². The van der Waals surface area contributed by atoms with Crippen LogP contribution in [0.15, 0.2) is 18.2 Å². The van der Waals surface area contributed by atoms with Crippen molar-refractivity contribution < 1.29 is 41.4 Å². The van der Waals surface area contributed by atoms with Gasteiger partial charge in [0.2, 0.25) is 5.91 Å². The molecule has 1 aliphatic carbocycles. The smallest absolute Gasteiger partial charge is 0.387 e. The van der Waals surface area contributed by atoms with Gasteiger partial charge in [0.15, 0.2) is 11.8 Å².